The summed E-state index contributed by atoms with van der Waals surface area (Å²) in [6.45, 7) is 4.65. The van der Waals surface area contributed by atoms with Gasteiger partial charge in [-0.25, -0.2) is 8.78 Å². The average molecular weight is 468 g/mol. The number of aromatic nitrogens is 2. The van der Waals surface area contributed by atoms with Gasteiger partial charge in [-0.2, -0.15) is 5.10 Å². The molecule has 34 heavy (non-hydrogen) atoms. The first kappa shape index (κ1) is 22.6. The van der Waals surface area contributed by atoms with Crippen LogP contribution in [0.5, 0.6) is 0 Å². The van der Waals surface area contributed by atoms with Crippen LogP contribution in [0.2, 0.25) is 0 Å². The molecule has 1 amide bonds. The first-order valence-electron chi connectivity index (χ1n) is 11.5. The van der Waals surface area contributed by atoms with Crippen LogP contribution in [0.15, 0.2) is 30.5 Å². The molecular formula is C25H27F2N5O2. The SMILES string of the molecule is Cc1ccc(Nc2c(C(=O)N3CC(O)([C@@H]4CCCCN4)C3)cc3c(C)cnnc3c2F)c(F)c1. The number of rotatable bonds is 4. The van der Waals surface area contributed by atoms with Crippen LogP contribution in [0.3, 0.4) is 0 Å². The lowest BCUT2D eigenvalue weighted by molar-refractivity contribution is -0.108. The number of halogens is 2. The number of likely N-dealkylation sites (tertiary alicyclic amines) is 1. The molecule has 2 aliphatic heterocycles. The highest BCUT2D eigenvalue weighted by molar-refractivity contribution is 6.05. The van der Waals surface area contributed by atoms with Crippen molar-refractivity contribution in [2.75, 3.05) is 25.0 Å². The molecule has 0 aliphatic carbocycles. The number of aliphatic hydroxyl groups is 1. The summed E-state index contributed by atoms with van der Waals surface area (Å²) in [5.74, 6) is -1.77. The average Bonchev–Trinajstić information content (AvgIpc) is 2.80. The number of carbonyl (C=O) groups excluding carboxylic acids is 1. The highest BCUT2D eigenvalue weighted by Gasteiger charge is 2.49. The molecule has 7 nitrogen and oxygen atoms in total. The number of nitrogens with one attached hydrogen (secondary N) is 2. The number of hydrogen-bond acceptors (Lipinski definition) is 6. The van der Waals surface area contributed by atoms with Gasteiger partial charge in [-0.05, 0) is 62.6 Å². The molecule has 0 unspecified atom stereocenters. The van der Waals surface area contributed by atoms with Gasteiger partial charge in [0.2, 0.25) is 0 Å². The van der Waals surface area contributed by atoms with Crippen LogP contribution in [-0.4, -0.2) is 57.4 Å². The number of anilines is 2. The molecule has 0 bridgehead atoms. The Hall–Kier alpha value is -3.17. The maximum absolute atomic E-state index is 15.7. The molecule has 178 valence electrons. The highest BCUT2D eigenvalue weighted by atomic mass is 19.1. The van der Waals surface area contributed by atoms with E-state index in [2.05, 4.69) is 20.8 Å². The highest BCUT2D eigenvalue weighted by Crippen LogP contribution is 2.36. The zero-order valence-corrected chi connectivity index (χ0v) is 19.2. The van der Waals surface area contributed by atoms with E-state index >= 15 is 4.39 Å². The van der Waals surface area contributed by atoms with Gasteiger partial charge in [-0.1, -0.05) is 12.5 Å². The van der Waals surface area contributed by atoms with E-state index in [9.17, 15) is 14.3 Å². The molecule has 3 heterocycles. The van der Waals surface area contributed by atoms with E-state index in [1.54, 1.807) is 26.0 Å². The van der Waals surface area contributed by atoms with Crippen LogP contribution in [0, 0.1) is 25.5 Å². The number of aryl methyl sites for hydroxylation is 2. The Labute approximate surface area is 196 Å². The Morgan fingerprint density at radius 1 is 1.24 bits per heavy atom. The Kier molecular flexibility index (Phi) is 5.69. The number of benzene rings is 2. The van der Waals surface area contributed by atoms with Crippen molar-refractivity contribution in [3.05, 3.63) is 58.8 Å². The third kappa shape index (κ3) is 3.88. The fourth-order valence-corrected chi connectivity index (χ4v) is 4.89. The molecule has 1 atom stereocenters. The van der Waals surface area contributed by atoms with Crippen molar-refractivity contribution in [1.29, 1.82) is 0 Å². The number of β-amino-alcohol motifs (C(OH)–C–C–N with tert-alkyl or cyclic N) is 1. The van der Waals surface area contributed by atoms with Gasteiger partial charge in [0.1, 0.15) is 16.9 Å². The number of nitrogens with zero attached hydrogens (tertiary/aromatic N) is 3. The van der Waals surface area contributed by atoms with Crippen molar-refractivity contribution in [1.82, 2.24) is 20.4 Å². The summed E-state index contributed by atoms with van der Waals surface area (Å²) in [6.07, 6.45) is 4.44. The van der Waals surface area contributed by atoms with Crippen molar-refractivity contribution in [2.45, 2.75) is 44.8 Å². The summed E-state index contributed by atoms with van der Waals surface area (Å²) in [5.41, 5.74) is 0.312. The minimum atomic E-state index is -1.01. The van der Waals surface area contributed by atoms with E-state index in [1.165, 1.54) is 23.2 Å². The molecule has 3 N–H and O–H groups in total. The smallest absolute Gasteiger partial charge is 0.256 e. The molecule has 2 aliphatic rings. The summed E-state index contributed by atoms with van der Waals surface area (Å²) >= 11 is 0. The molecule has 2 saturated heterocycles. The van der Waals surface area contributed by atoms with Crippen molar-refractivity contribution in [3.63, 3.8) is 0 Å². The lowest BCUT2D eigenvalue weighted by Gasteiger charge is -2.51. The number of amides is 1. The number of carbonyl (C=O) groups is 1. The number of hydrogen-bond donors (Lipinski definition) is 3. The van der Waals surface area contributed by atoms with Crippen LogP contribution < -0.4 is 10.6 Å². The Bertz CT molecular complexity index is 1270. The molecule has 0 radical (unpaired) electrons. The van der Waals surface area contributed by atoms with Crippen molar-refractivity contribution in [3.8, 4) is 0 Å². The van der Waals surface area contributed by atoms with Gasteiger partial charge in [-0.3, -0.25) is 4.79 Å². The van der Waals surface area contributed by atoms with Crippen LogP contribution >= 0.6 is 0 Å². The molecule has 9 heteroatoms. The maximum Gasteiger partial charge on any atom is 0.256 e. The third-order valence-electron chi connectivity index (χ3n) is 6.86. The van der Waals surface area contributed by atoms with Gasteiger partial charge in [-0.15, -0.1) is 5.10 Å². The van der Waals surface area contributed by atoms with Crippen molar-refractivity contribution in [2.24, 2.45) is 0 Å². The zero-order chi connectivity index (χ0) is 24.0. The third-order valence-corrected chi connectivity index (χ3v) is 6.86. The maximum atomic E-state index is 15.7. The molecule has 2 aromatic carbocycles. The van der Waals surface area contributed by atoms with Crippen molar-refractivity contribution >= 4 is 28.2 Å². The Balaban J connectivity index is 1.52. The first-order chi connectivity index (χ1) is 16.3. The van der Waals surface area contributed by atoms with E-state index in [4.69, 9.17) is 0 Å². The second kappa shape index (κ2) is 8.56. The topological polar surface area (TPSA) is 90.4 Å². The summed E-state index contributed by atoms with van der Waals surface area (Å²) in [4.78, 5) is 15.0. The lowest BCUT2D eigenvalue weighted by Crippen LogP contribution is -2.72. The van der Waals surface area contributed by atoms with Crippen LogP contribution in [0.4, 0.5) is 20.2 Å². The normalized spacial score (nSPS) is 19.7. The second-order valence-electron chi connectivity index (χ2n) is 9.41. The quantitative estimate of drug-likeness (QED) is 0.543. The van der Waals surface area contributed by atoms with Crippen LogP contribution in [0.1, 0.15) is 40.7 Å². The molecule has 3 aromatic rings. The molecule has 2 fully saturated rings. The van der Waals surface area contributed by atoms with Gasteiger partial charge in [0.25, 0.3) is 5.91 Å². The summed E-state index contributed by atoms with van der Waals surface area (Å²) in [6, 6.07) is 6.02. The van der Waals surface area contributed by atoms with E-state index < -0.39 is 23.1 Å². The van der Waals surface area contributed by atoms with E-state index in [1.807, 2.05) is 0 Å². The lowest BCUT2D eigenvalue weighted by atomic mass is 9.81. The molecular weight excluding hydrogens is 440 g/mol. The Morgan fingerprint density at radius 3 is 2.74 bits per heavy atom. The van der Waals surface area contributed by atoms with Crippen LogP contribution in [0.25, 0.3) is 10.9 Å². The van der Waals surface area contributed by atoms with Gasteiger partial charge < -0.3 is 20.6 Å². The second-order valence-corrected chi connectivity index (χ2v) is 9.41. The predicted octanol–water partition coefficient (Wildman–Crippen LogP) is 3.60. The molecule has 5 rings (SSSR count). The zero-order valence-electron chi connectivity index (χ0n) is 19.2. The first-order valence-corrected chi connectivity index (χ1v) is 11.5. The fraction of sp³-hybridized carbons (Fsp3) is 0.400. The molecule has 1 aromatic heterocycles. The summed E-state index contributed by atoms with van der Waals surface area (Å²) in [7, 11) is 0. The summed E-state index contributed by atoms with van der Waals surface area (Å²) in [5, 5.41) is 25.3. The number of piperidine rings is 1. The minimum absolute atomic E-state index is 0.00177. The molecule has 0 spiro atoms. The fourth-order valence-electron chi connectivity index (χ4n) is 4.89. The van der Waals surface area contributed by atoms with Gasteiger partial charge >= 0.3 is 0 Å². The summed E-state index contributed by atoms with van der Waals surface area (Å²) < 4.78 is 30.3. The van der Waals surface area contributed by atoms with Crippen molar-refractivity contribution < 1.29 is 18.7 Å². The Morgan fingerprint density at radius 2 is 2.03 bits per heavy atom. The van der Waals surface area contributed by atoms with Gasteiger partial charge in [0, 0.05) is 11.4 Å². The van der Waals surface area contributed by atoms with E-state index in [0.29, 0.717) is 10.9 Å². The molecule has 0 saturated carbocycles. The van der Waals surface area contributed by atoms with E-state index in [-0.39, 0.29) is 41.6 Å². The van der Waals surface area contributed by atoms with Gasteiger partial charge in [0.15, 0.2) is 5.82 Å². The minimum Gasteiger partial charge on any atom is -0.385 e. The predicted molar refractivity (Wildman–Crippen MR) is 125 cm³/mol. The monoisotopic (exact) mass is 467 g/mol. The van der Waals surface area contributed by atoms with Crippen LogP contribution in [-0.2, 0) is 0 Å². The standard InChI is InChI=1S/C25H27F2N5O2/c1-14-6-7-19(18(26)9-14)30-22-17(10-16-15(2)11-29-31-23(16)21(22)27)24(33)32-12-25(34,13-32)20-5-3-4-8-28-20/h6-7,9-11,20,28,30,34H,3-5,8,12-13H2,1-2H3/t20-/m0/s1. The largest absolute Gasteiger partial charge is 0.385 e. The number of fused-ring (bicyclic) bond motifs is 1. The van der Waals surface area contributed by atoms with Gasteiger partial charge in [0.05, 0.1) is 36.2 Å². The van der Waals surface area contributed by atoms with E-state index in [0.717, 1.165) is 31.4 Å².